The number of anilines is 1. The number of hydrogen-bond donors (Lipinski definition) is 1. The number of nitrogen functional groups attached to an aromatic ring is 1. The smallest absolute Gasteiger partial charge is 0.252 e. The van der Waals surface area contributed by atoms with Gasteiger partial charge in [0.05, 0.1) is 5.69 Å². The van der Waals surface area contributed by atoms with Crippen molar-refractivity contribution in [2.45, 2.75) is 0 Å². The minimum atomic E-state index is -0.0991. The van der Waals surface area contributed by atoms with Gasteiger partial charge in [0.15, 0.2) is 0 Å². The number of rotatable bonds is 1. The number of aromatic nitrogens is 1. The Morgan fingerprint density at radius 2 is 1.81 bits per heavy atom. The van der Waals surface area contributed by atoms with Crippen LogP contribution in [0.1, 0.15) is 0 Å². The van der Waals surface area contributed by atoms with Gasteiger partial charge in [0.2, 0.25) is 0 Å². The van der Waals surface area contributed by atoms with Gasteiger partial charge in [0.1, 0.15) is 0 Å². The number of halogens is 1. The third kappa shape index (κ3) is 2.02. The fourth-order valence-electron chi connectivity index (χ4n) is 1.55. The van der Waals surface area contributed by atoms with Crippen molar-refractivity contribution in [2.24, 2.45) is 7.05 Å². The van der Waals surface area contributed by atoms with Crippen molar-refractivity contribution in [2.75, 3.05) is 5.73 Å². The van der Waals surface area contributed by atoms with Gasteiger partial charge in [-0.2, -0.15) is 0 Å². The van der Waals surface area contributed by atoms with Crippen molar-refractivity contribution < 1.29 is 0 Å². The van der Waals surface area contributed by atoms with Gasteiger partial charge < -0.3 is 10.3 Å². The SMILES string of the molecule is Cn1c(-c2ccc(Br)cc2)cc(N)cc1=O. The Morgan fingerprint density at radius 3 is 2.44 bits per heavy atom. The maximum atomic E-state index is 11.6. The molecule has 2 rings (SSSR count). The fraction of sp³-hybridized carbons (Fsp3) is 0.0833. The molecular weight excluding hydrogens is 268 g/mol. The van der Waals surface area contributed by atoms with Crippen LogP contribution < -0.4 is 11.3 Å². The van der Waals surface area contributed by atoms with E-state index in [2.05, 4.69) is 15.9 Å². The van der Waals surface area contributed by atoms with Crippen LogP contribution in [0.4, 0.5) is 5.69 Å². The summed E-state index contributed by atoms with van der Waals surface area (Å²) < 4.78 is 2.59. The standard InChI is InChI=1S/C12H11BrN2O/c1-15-11(6-10(14)7-12(15)16)8-2-4-9(13)5-3-8/h2-7H,14H2,1H3. The van der Waals surface area contributed by atoms with Crippen molar-refractivity contribution in [3.8, 4) is 11.3 Å². The molecule has 0 radical (unpaired) electrons. The Labute approximate surface area is 102 Å². The number of hydrogen-bond acceptors (Lipinski definition) is 2. The average Bonchev–Trinajstić information content (AvgIpc) is 2.25. The van der Waals surface area contributed by atoms with Crippen molar-refractivity contribution in [1.29, 1.82) is 0 Å². The Balaban J connectivity index is 2.64. The largest absolute Gasteiger partial charge is 0.399 e. The summed E-state index contributed by atoms with van der Waals surface area (Å²) in [5.41, 5.74) is 7.85. The minimum absolute atomic E-state index is 0.0991. The highest BCUT2D eigenvalue weighted by Crippen LogP contribution is 2.21. The molecule has 2 aromatic rings. The maximum absolute atomic E-state index is 11.6. The Bertz CT molecular complexity index is 573. The zero-order valence-electron chi connectivity index (χ0n) is 8.77. The van der Waals surface area contributed by atoms with Crippen LogP contribution in [0.15, 0.2) is 45.7 Å². The number of nitrogens with two attached hydrogens (primary N) is 1. The van der Waals surface area contributed by atoms with E-state index >= 15 is 0 Å². The lowest BCUT2D eigenvalue weighted by molar-refractivity contribution is 0.872. The van der Waals surface area contributed by atoms with Gasteiger partial charge in [-0.25, -0.2) is 0 Å². The second-order valence-corrected chi connectivity index (χ2v) is 4.49. The van der Waals surface area contributed by atoms with Crippen LogP contribution in [0, 0.1) is 0 Å². The van der Waals surface area contributed by atoms with Gasteiger partial charge >= 0.3 is 0 Å². The summed E-state index contributed by atoms with van der Waals surface area (Å²) in [6.07, 6.45) is 0. The second-order valence-electron chi connectivity index (χ2n) is 3.58. The lowest BCUT2D eigenvalue weighted by atomic mass is 10.1. The predicted molar refractivity (Wildman–Crippen MR) is 69.2 cm³/mol. The zero-order valence-corrected chi connectivity index (χ0v) is 10.4. The van der Waals surface area contributed by atoms with Crippen LogP contribution in [-0.4, -0.2) is 4.57 Å². The molecule has 3 nitrogen and oxygen atoms in total. The molecule has 82 valence electrons. The summed E-state index contributed by atoms with van der Waals surface area (Å²) in [5, 5.41) is 0. The molecule has 0 aliphatic rings. The monoisotopic (exact) mass is 278 g/mol. The topological polar surface area (TPSA) is 48.0 Å². The first kappa shape index (κ1) is 11.0. The van der Waals surface area contributed by atoms with E-state index in [1.165, 1.54) is 6.07 Å². The molecule has 0 saturated heterocycles. The third-order valence-corrected chi connectivity index (χ3v) is 2.95. The maximum Gasteiger partial charge on any atom is 0.252 e. The van der Waals surface area contributed by atoms with E-state index in [1.807, 2.05) is 24.3 Å². The molecule has 0 aliphatic heterocycles. The zero-order chi connectivity index (χ0) is 11.7. The summed E-state index contributed by atoms with van der Waals surface area (Å²) in [4.78, 5) is 11.6. The second kappa shape index (κ2) is 4.14. The van der Waals surface area contributed by atoms with Crippen LogP contribution >= 0.6 is 15.9 Å². The van der Waals surface area contributed by atoms with E-state index in [1.54, 1.807) is 17.7 Å². The van der Waals surface area contributed by atoms with Gasteiger partial charge in [-0.1, -0.05) is 28.1 Å². The molecule has 0 amide bonds. The summed E-state index contributed by atoms with van der Waals surface area (Å²) in [7, 11) is 1.74. The van der Waals surface area contributed by atoms with E-state index in [0.29, 0.717) is 5.69 Å². The first-order chi connectivity index (χ1) is 7.58. The molecule has 4 heteroatoms. The lowest BCUT2D eigenvalue weighted by Crippen LogP contribution is -2.17. The van der Waals surface area contributed by atoms with Crippen LogP contribution in [0.3, 0.4) is 0 Å². The van der Waals surface area contributed by atoms with Crippen molar-refractivity contribution in [1.82, 2.24) is 4.57 Å². The van der Waals surface area contributed by atoms with Gasteiger partial charge in [0.25, 0.3) is 5.56 Å². The highest BCUT2D eigenvalue weighted by molar-refractivity contribution is 9.10. The van der Waals surface area contributed by atoms with E-state index in [0.717, 1.165) is 15.7 Å². The fourth-order valence-corrected chi connectivity index (χ4v) is 1.82. The summed E-state index contributed by atoms with van der Waals surface area (Å²) >= 11 is 3.37. The van der Waals surface area contributed by atoms with E-state index in [4.69, 9.17) is 5.73 Å². The molecule has 1 aromatic carbocycles. The van der Waals surface area contributed by atoms with Gasteiger partial charge in [0, 0.05) is 23.3 Å². The molecule has 0 fully saturated rings. The van der Waals surface area contributed by atoms with E-state index in [9.17, 15) is 4.79 Å². The number of nitrogens with zero attached hydrogens (tertiary/aromatic N) is 1. The molecule has 0 spiro atoms. The predicted octanol–water partition coefficient (Wildman–Crippen LogP) is 2.40. The van der Waals surface area contributed by atoms with Crippen molar-refractivity contribution >= 4 is 21.6 Å². The van der Waals surface area contributed by atoms with Crippen molar-refractivity contribution in [3.05, 3.63) is 51.2 Å². The molecule has 0 unspecified atom stereocenters. The highest BCUT2D eigenvalue weighted by atomic mass is 79.9. The minimum Gasteiger partial charge on any atom is -0.399 e. The molecule has 16 heavy (non-hydrogen) atoms. The Hall–Kier alpha value is -1.55. The summed E-state index contributed by atoms with van der Waals surface area (Å²) in [6.45, 7) is 0. The highest BCUT2D eigenvalue weighted by Gasteiger charge is 2.04. The lowest BCUT2D eigenvalue weighted by Gasteiger charge is -2.09. The molecule has 0 bridgehead atoms. The third-order valence-electron chi connectivity index (χ3n) is 2.43. The van der Waals surface area contributed by atoms with Crippen LogP contribution in [0.25, 0.3) is 11.3 Å². The van der Waals surface area contributed by atoms with Crippen LogP contribution in [0.5, 0.6) is 0 Å². The van der Waals surface area contributed by atoms with Gasteiger partial charge in [-0.3, -0.25) is 4.79 Å². The molecule has 1 heterocycles. The van der Waals surface area contributed by atoms with Crippen LogP contribution in [0.2, 0.25) is 0 Å². The van der Waals surface area contributed by atoms with E-state index < -0.39 is 0 Å². The summed E-state index contributed by atoms with van der Waals surface area (Å²) in [6, 6.07) is 11.0. The normalized spacial score (nSPS) is 10.4. The average molecular weight is 279 g/mol. The molecule has 0 atom stereocenters. The molecular formula is C12H11BrN2O. The first-order valence-electron chi connectivity index (χ1n) is 4.80. The Kier molecular flexibility index (Phi) is 2.83. The van der Waals surface area contributed by atoms with Crippen LogP contribution in [-0.2, 0) is 7.05 Å². The first-order valence-corrected chi connectivity index (χ1v) is 5.60. The van der Waals surface area contributed by atoms with E-state index in [-0.39, 0.29) is 5.56 Å². The molecule has 1 aromatic heterocycles. The number of benzene rings is 1. The number of pyridine rings is 1. The Morgan fingerprint density at radius 1 is 1.19 bits per heavy atom. The van der Waals surface area contributed by atoms with Gasteiger partial charge in [-0.05, 0) is 23.8 Å². The molecule has 0 aliphatic carbocycles. The molecule has 0 saturated carbocycles. The van der Waals surface area contributed by atoms with Crippen molar-refractivity contribution in [3.63, 3.8) is 0 Å². The quantitative estimate of drug-likeness (QED) is 0.871. The molecule has 2 N–H and O–H groups in total. The van der Waals surface area contributed by atoms with Gasteiger partial charge in [-0.15, -0.1) is 0 Å². The summed E-state index contributed by atoms with van der Waals surface area (Å²) in [5.74, 6) is 0.